The number of nitrogens with one attached hydrogen (secondary N) is 1. The van der Waals surface area contributed by atoms with Crippen LogP contribution in [-0.2, 0) is 7.05 Å². The number of hydrogen-bond donors (Lipinski definition) is 2. The van der Waals surface area contributed by atoms with Crippen LogP contribution in [0.5, 0.6) is 0 Å². The molecule has 0 radical (unpaired) electrons. The highest BCUT2D eigenvalue weighted by Crippen LogP contribution is 2.32. The molecule has 6 nitrogen and oxygen atoms in total. The number of urea groups is 1. The summed E-state index contributed by atoms with van der Waals surface area (Å²) in [6.07, 6.45) is 1.66. The van der Waals surface area contributed by atoms with Gasteiger partial charge in [0, 0.05) is 25.4 Å². The third-order valence-electron chi connectivity index (χ3n) is 4.63. The normalized spacial score (nSPS) is 21.4. The molecule has 2 aromatic rings. The number of nitrogens with zero attached hydrogens (tertiary/aromatic N) is 3. The van der Waals surface area contributed by atoms with Crippen molar-refractivity contribution >= 4 is 6.03 Å². The molecular weight excluding hydrogens is 323 g/mol. The van der Waals surface area contributed by atoms with Crippen LogP contribution in [0.25, 0.3) is 0 Å². The van der Waals surface area contributed by atoms with Gasteiger partial charge in [-0.3, -0.25) is 4.68 Å². The van der Waals surface area contributed by atoms with Gasteiger partial charge in [0.1, 0.15) is 5.82 Å². The summed E-state index contributed by atoms with van der Waals surface area (Å²) in [5, 5.41) is 17.3. The predicted octanol–water partition coefficient (Wildman–Crippen LogP) is 2.45. The molecule has 0 bridgehead atoms. The first kappa shape index (κ1) is 17.4. The molecule has 2 N–H and O–H groups in total. The lowest BCUT2D eigenvalue weighted by molar-refractivity contribution is 0.168. The molecule has 1 saturated heterocycles. The van der Waals surface area contributed by atoms with Crippen LogP contribution in [-0.4, -0.2) is 38.5 Å². The first-order chi connectivity index (χ1) is 11.8. The molecule has 0 saturated carbocycles. The van der Waals surface area contributed by atoms with Gasteiger partial charge in [-0.1, -0.05) is 12.1 Å². The van der Waals surface area contributed by atoms with Crippen molar-refractivity contribution in [2.24, 2.45) is 7.05 Å². The highest BCUT2D eigenvalue weighted by molar-refractivity contribution is 5.75. The zero-order valence-electron chi connectivity index (χ0n) is 14.6. The van der Waals surface area contributed by atoms with E-state index in [1.54, 1.807) is 21.7 Å². The van der Waals surface area contributed by atoms with Crippen molar-refractivity contribution in [3.8, 4) is 0 Å². The molecule has 1 aliphatic rings. The Morgan fingerprint density at radius 2 is 2.24 bits per heavy atom. The summed E-state index contributed by atoms with van der Waals surface area (Å²) < 4.78 is 15.2. The Morgan fingerprint density at radius 1 is 1.48 bits per heavy atom. The molecule has 134 valence electrons. The van der Waals surface area contributed by atoms with Crippen LogP contribution >= 0.6 is 0 Å². The number of aliphatic hydroxyl groups is 1. The molecule has 0 aliphatic carbocycles. The largest absolute Gasteiger partial charge is 0.391 e. The van der Waals surface area contributed by atoms with Gasteiger partial charge in [0.05, 0.1) is 23.9 Å². The van der Waals surface area contributed by atoms with Crippen LogP contribution in [0.15, 0.2) is 30.5 Å². The van der Waals surface area contributed by atoms with E-state index in [0.29, 0.717) is 12.0 Å². The van der Waals surface area contributed by atoms with Crippen molar-refractivity contribution < 1.29 is 14.3 Å². The lowest BCUT2D eigenvalue weighted by Gasteiger charge is -2.27. The smallest absolute Gasteiger partial charge is 0.318 e. The zero-order chi connectivity index (χ0) is 18.1. The fourth-order valence-corrected chi connectivity index (χ4v) is 3.46. The Hall–Kier alpha value is -2.41. The molecule has 1 aliphatic heterocycles. The predicted molar refractivity (Wildman–Crippen MR) is 91.4 cm³/mol. The molecule has 0 spiro atoms. The van der Waals surface area contributed by atoms with E-state index in [2.05, 4.69) is 10.4 Å². The third-order valence-corrected chi connectivity index (χ3v) is 4.63. The summed E-state index contributed by atoms with van der Waals surface area (Å²) in [4.78, 5) is 14.3. The molecule has 3 rings (SSSR count). The molecule has 25 heavy (non-hydrogen) atoms. The number of amides is 2. The van der Waals surface area contributed by atoms with E-state index in [4.69, 9.17) is 0 Å². The Bertz CT molecular complexity index is 776. The molecule has 2 heterocycles. The van der Waals surface area contributed by atoms with Gasteiger partial charge in [0.25, 0.3) is 0 Å². The van der Waals surface area contributed by atoms with Crippen LogP contribution in [0, 0.1) is 12.7 Å². The molecule has 1 fully saturated rings. The second-order valence-electron chi connectivity index (χ2n) is 6.63. The second-order valence-corrected chi connectivity index (χ2v) is 6.63. The van der Waals surface area contributed by atoms with Crippen molar-refractivity contribution in [3.63, 3.8) is 0 Å². The van der Waals surface area contributed by atoms with Gasteiger partial charge in [-0.15, -0.1) is 0 Å². The van der Waals surface area contributed by atoms with Crippen molar-refractivity contribution in [3.05, 3.63) is 53.1 Å². The van der Waals surface area contributed by atoms with Crippen molar-refractivity contribution in [2.75, 3.05) is 6.54 Å². The summed E-state index contributed by atoms with van der Waals surface area (Å²) >= 11 is 0. The van der Waals surface area contributed by atoms with Crippen LogP contribution in [0.4, 0.5) is 9.18 Å². The van der Waals surface area contributed by atoms with Gasteiger partial charge >= 0.3 is 6.03 Å². The van der Waals surface area contributed by atoms with Crippen LogP contribution < -0.4 is 5.32 Å². The average Bonchev–Trinajstić information content (AvgIpc) is 3.09. The highest BCUT2D eigenvalue weighted by atomic mass is 19.1. The van der Waals surface area contributed by atoms with Crippen LogP contribution in [0.2, 0.25) is 0 Å². The number of benzene rings is 1. The fraction of sp³-hybridized carbons (Fsp3) is 0.444. The Labute approximate surface area is 146 Å². The Morgan fingerprint density at radius 3 is 2.88 bits per heavy atom. The van der Waals surface area contributed by atoms with Gasteiger partial charge in [-0.2, -0.15) is 5.10 Å². The van der Waals surface area contributed by atoms with Gasteiger partial charge < -0.3 is 15.3 Å². The molecule has 3 atom stereocenters. The second kappa shape index (κ2) is 6.84. The van der Waals surface area contributed by atoms with E-state index in [-0.39, 0.29) is 30.5 Å². The van der Waals surface area contributed by atoms with Gasteiger partial charge in [-0.25, -0.2) is 9.18 Å². The molecule has 2 amide bonds. The summed E-state index contributed by atoms with van der Waals surface area (Å²) in [7, 11) is 1.84. The number of β-amino-alcohol motifs (C(OH)–C–C–N with tert-alkyl or cyclic N) is 1. The van der Waals surface area contributed by atoms with E-state index < -0.39 is 6.10 Å². The quantitative estimate of drug-likeness (QED) is 0.897. The summed E-state index contributed by atoms with van der Waals surface area (Å²) in [6.45, 7) is 4.02. The topological polar surface area (TPSA) is 70.4 Å². The van der Waals surface area contributed by atoms with E-state index >= 15 is 0 Å². The molecular formula is C18H23FN4O2. The lowest BCUT2D eigenvalue weighted by Crippen LogP contribution is -2.41. The number of carbonyl (C=O) groups excluding carboxylic acids is 1. The Balaban J connectivity index is 1.76. The molecule has 3 unspecified atom stereocenters. The number of rotatable bonds is 3. The minimum Gasteiger partial charge on any atom is -0.391 e. The maximum atomic E-state index is 13.5. The average molecular weight is 346 g/mol. The number of aromatic nitrogens is 2. The standard InChI is InChI=1S/C18H23FN4O2/c1-11(16-10-22(3)21-12(16)2)20-18(25)23-9-15(24)8-17(23)13-5-4-6-14(19)7-13/h4-7,10-11,15,17,24H,8-9H2,1-3H3,(H,20,25). The van der Waals surface area contributed by atoms with E-state index in [9.17, 15) is 14.3 Å². The van der Waals surface area contributed by atoms with Crippen LogP contribution in [0.1, 0.15) is 42.2 Å². The number of hydrogen-bond acceptors (Lipinski definition) is 3. The van der Waals surface area contributed by atoms with Crippen LogP contribution in [0.3, 0.4) is 0 Å². The molecule has 1 aromatic heterocycles. The SMILES string of the molecule is Cc1nn(C)cc1C(C)NC(=O)N1CC(O)CC1c1cccc(F)c1. The summed E-state index contributed by atoms with van der Waals surface area (Å²) in [5.41, 5.74) is 2.49. The summed E-state index contributed by atoms with van der Waals surface area (Å²) in [5.74, 6) is -0.349. The number of likely N-dealkylation sites (tertiary alicyclic amines) is 1. The van der Waals surface area contributed by atoms with E-state index in [0.717, 1.165) is 11.3 Å². The first-order valence-corrected chi connectivity index (χ1v) is 8.36. The van der Waals surface area contributed by atoms with Gasteiger partial charge in [-0.05, 0) is 38.0 Å². The third kappa shape index (κ3) is 3.66. The van der Waals surface area contributed by atoms with Crippen molar-refractivity contribution in [2.45, 2.75) is 38.5 Å². The fourth-order valence-electron chi connectivity index (χ4n) is 3.46. The van der Waals surface area contributed by atoms with Gasteiger partial charge in [0.15, 0.2) is 0 Å². The monoisotopic (exact) mass is 346 g/mol. The maximum absolute atomic E-state index is 13.5. The Kier molecular flexibility index (Phi) is 4.76. The highest BCUT2D eigenvalue weighted by Gasteiger charge is 2.36. The zero-order valence-corrected chi connectivity index (χ0v) is 14.6. The summed E-state index contributed by atoms with van der Waals surface area (Å²) in [6, 6.07) is 5.35. The van der Waals surface area contributed by atoms with E-state index in [1.165, 1.54) is 12.1 Å². The van der Waals surface area contributed by atoms with Crippen molar-refractivity contribution in [1.29, 1.82) is 0 Å². The van der Waals surface area contributed by atoms with Gasteiger partial charge in [0.2, 0.25) is 0 Å². The molecule has 7 heteroatoms. The molecule has 1 aromatic carbocycles. The number of aliphatic hydroxyl groups excluding tert-OH is 1. The number of aryl methyl sites for hydroxylation is 2. The number of halogens is 1. The number of carbonyl (C=O) groups is 1. The minimum atomic E-state index is -0.616. The van der Waals surface area contributed by atoms with E-state index in [1.807, 2.05) is 27.1 Å². The lowest BCUT2D eigenvalue weighted by atomic mass is 10.0. The minimum absolute atomic E-state index is 0.216. The maximum Gasteiger partial charge on any atom is 0.318 e. The van der Waals surface area contributed by atoms with Crippen molar-refractivity contribution in [1.82, 2.24) is 20.0 Å². The first-order valence-electron chi connectivity index (χ1n) is 8.36.